The molecule has 0 saturated heterocycles. The average molecular weight is 283 g/mol. The predicted molar refractivity (Wildman–Crippen MR) is 81.7 cm³/mol. The lowest BCUT2D eigenvalue weighted by molar-refractivity contribution is 0.0672. The monoisotopic (exact) mass is 283 g/mol. The molecule has 1 rings (SSSR count). The molecule has 2 unspecified atom stereocenters. The summed E-state index contributed by atoms with van der Waals surface area (Å²) in [5.41, 5.74) is 9.21. The van der Waals surface area contributed by atoms with Crippen LogP contribution in [0.4, 0.5) is 0 Å². The van der Waals surface area contributed by atoms with Crippen LogP contribution < -0.4 is 5.73 Å². The number of benzene rings is 1. The fraction of sp³-hybridized carbons (Fsp3) is 0.600. The van der Waals surface area contributed by atoms with Gasteiger partial charge >= 0.3 is 0 Å². The third-order valence-corrected chi connectivity index (χ3v) is 4.29. The van der Waals surface area contributed by atoms with Gasteiger partial charge < -0.3 is 10.5 Å². The summed E-state index contributed by atoms with van der Waals surface area (Å²) in [6.45, 7) is 7.24. The fourth-order valence-electron chi connectivity index (χ4n) is 2.18. The summed E-state index contributed by atoms with van der Waals surface area (Å²) in [6.07, 6.45) is 0.801. The topological polar surface area (TPSA) is 52.3 Å². The van der Waals surface area contributed by atoms with Crippen molar-refractivity contribution in [2.45, 2.75) is 39.0 Å². The van der Waals surface area contributed by atoms with Gasteiger partial charge in [0.05, 0.1) is 6.10 Å². The molecule has 0 radical (unpaired) electrons. The van der Waals surface area contributed by atoms with Crippen molar-refractivity contribution in [3.8, 4) is 0 Å². The van der Waals surface area contributed by atoms with Gasteiger partial charge in [0, 0.05) is 35.5 Å². The van der Waals surface area contributed by atoms with Crippen molar-refractivity contribution in [3.63, 3.8) is 0 Å². The van der Waals surface area contributed by atoms with Gasteiger partial charge in [-0.15, -0.1) is 0 Å². The Labute approximate surface area is 119 Å². The molecule has 0 fully saturated rings. The molecule has 1 aromatic rings. The number of nitrogens with two attached hydrogens (primary N) is 1. The van der Waals surface area contributed by atoms with Gasteiger partial charge in [-0.05, 0) is 32.8 Å². The van der Waals surface area contributed by atoms with Crippen LogP contribution in [0.3, 0.4) is 0 Å². The summed E-state index contributed by atoms with van der Waals surface area (Å²) >= 11 is 0. The van der Waals surface area contributed by atoms with E-state index < -0.39 is 10.8 Å². The Hall–Kier alpha value is -0.710. The summed E-state index contributed by atoms with van der Waals surface area (Å²) in [4.78, 5) is 0. The van der Waals surface area contributed by atoms with Crippen LogP contribution in [-0.2, 0) is 21.3 Å². The van der Waals surface area contributed by atoms with E-state index in [1.807, 2.05) is 6.92 Å². The fourth-order valence-corrected chi connectivity index (χ4v) is 3.39. The highest BCUT2D eigenvalue weighted by Crippen LogP contribution is 2.12. The zero-order chi connectivity index (χ0) is 14.3. The molecule has 4 heteroatoms. The van der Waals surface area contributed by atoms with Crippen LogP contribution in [0, 0.1) is 13.8 Å². The Morgan fingerprint density at radius 2 is 1.89 bits per heavy atom. The zero-order valence-electron chi connectivity index (χ0n) is 12.1. The van der Waals surface area contributed by atoms with Crippen molar-refractivity contribution < 1.29 is 8.95 Å². The molecule has 0 aliphatic heterocycles. The van der Waals surface area contributed by atoms with Crippen LogP contribution in [0.5, 0.6) is 0 Å². The number of hydrogen-bond acceptors (Lipinski definition) is 3. The molecule has 0 spiro atoms. The van der Waals surface area contributed by atoms with E-state index in [2.05, 4.69) is 32.0 Å². The third kappa shape index (κ3) is 6.32. The van der Waals surface area contributed by atoms with Crippen LogP contribution in [0.1, 0.15) is 30.0 Å². The van der Waals surface area contributed by atoms with Crippen LogP contribution in [0.15, 0.2) is 18.2 Å². The van der Waals surface area contributed by atoms with E-state index in [4.69, 9.17) is 10.5 Å². The number of ether oxygens (including phenoxy) is 1. The van der Waals surface area contributed by atoms with Gasteiger partial charge in [0.15, 0.2) is 0 Å². The highest BCUT2D eigenvalue weighted by atomic mass is 32.2. The SMILES string of the molecule is CCOC(CN)CCS(=O)Cc1cc(C)cc(C)c1. The first-order valence-corrected chi connectivity index (χ1v) is 8.27. The first kappa shape index (κ1) is 16.3. The summed E-state index contributed by atoms with van der Waals surface area (Å²) in [5, 5.41) is 0. The Kier molecular flexibility index (Phi) is 7.28. The lowest BCUT2D eigenvalue weighted by atomic mass is 10.1. The maximum absolute atomic E-state index is 12.1. The minimum absolute atomic E-state index is 0.0354. The maximum Gasteiger partial charge on any atom is 0.0705 e. The van der Waals surface area contributed by atoms with E-state index >= 15 is 0 Å². The zero-order valence-corrected chi connectivity index (χ0v) is 13.0. The van der Waals surface area contributed by atoms with E-state index in [1.165, 1.54) is 11.1 Å². The third-order valence-electron chi connectivity index (χ3n) is 2.94. The lowest BCUT2D eigenvalue weighted by Crippen LogP contribution is -2.25. The van der Waals surface area contributed by atoms with Gasteiger partial charge in [0.2, 0.25) is 0 Å². The Morgan fingerprint density at radius 3 is 2.42 bits per heavy atom. The largest absolute Gasteiger partial charge is 0.377 e. The highest BCUT2D eigenvalue weighted by molar-refractivity contribution is 7.84. The van der Waals surface area contributed by atoms with Crippen molar-refractivity contribution >= 4 is 10.8 Å². The smallest absolute Gasteiger partial charge is 0.0705 e. The molecule has 0 heterocycles. The molecular formula is C15H25NO2S. The number of rotatable bonds is 8. The van der Waals surface area contributed by atoms with Gasteiger partial charge in [0.1, 0.15) is 0 Å². The first-order valence-electron chi connectivity index (χ1n) is 6.79. The molecule has 19 heavy (non-hydrogen) atoms. The van der Waals surface area contributed by atoms with Gasteiger partial charge in [-0.25, -0.2) is 0 Å². The van der Waals surface area contributed by atoms with Gasteiger partial charge in [-0.1, -0.05) is 29.3 Å². The van der Waals surface area contributed by atoms with Crippen LogP contribution in [0.2, 0.25) is 0 Å². The second kappa shape index (κ2) is 8.46. The standard InChI is InChI=1S/C15H25NO2S/c1-4-18-15(10-16)5-6-19(17)11-14-8-12(2)7-13(3)9-14/h7-9,15H,4-6,10-11,16H2,1-3H3. The molecule has 3 nitrogen and oxygen atoms in total. The highest BCUT2D eigenvalue weighted by Gasteiger charge is 2.09. The molecule has 1 aromatic carbocycles. The van der Waals surface area contributed by atoms with Crippen molar-refractivity contribution in [1.29, 1.82) is 0 Å². The normalized spacial score (nSPS) is 14.3. The van der Waals surface area contributed by atoms with E-state index in [9.17, 15) is 4.21 Å². The van der Waals surface area contributed by atoms with E-state index in [-0.39, 0.29) is 6.10 Å². The lowest BCUT2D eigenvalue weighted by Gasteiger charge is -2.14. The van der Waals surface area contributed by atoms with Crippen LogP contribution in [0.25, 0.3) is 0 Å². The molecule has 108 valence electrons. The molecule has 0 amide bonds. The van der Waals surface area contributed by atoms with E-state index in [0.717, 1.165) is 12.0 Å². The maximum atomic E-state index is 12.1. The number of aryl methyl sites for hydroxylation is 2. The quantitative estimate of drug-likeness (QED) is 0.796. The van der Waals surface area contributed by atoms with Crippen molar-refractivity contribution in [2.24, 2.45) is 5.73 Å². The van der Waals surface area contributed by atoms with Crippen LogP contribution in [-0.4, -0.2) is 29.2 Å². The molecule has 0 aromatic heterocycles. The summed E-state index contributed by atoms with van der Waals surface area (Å²) in [7, 11) is -0.849. The summed E-state index contributed by atoms with van der Waals surface area (Å²) in [6, 6.07) is 6.34. The predicted octanol–water partition coefficient (Wildman–Crippen LogP) is 2.31. The van der Waals surface area contributed by atoms with Gasteiger partial charge in [-0.2, -0.15) is 0 Å². The van der Waals surface area contributed by atoms with Crippen molar-refractivity contribution in [2.75, 3.05) is 18.9 Å². The molecule has 2 atom stereocenters. The van der Waals surface area contributed by atoms with Gasteiger partial charge in [0.25, 0.3) is 0 Å². The minimum Gasteiger partial charge on any atom is -0.377 e. The van der Waals surface area contributed by atoms with Gasteiger partial charge in [-0.3, -0.25) is 4.21 Å². The second-order valence-corrected chi connectivity index (χ2v) is 6.46. The second-order valence-electron chi connectivity index (χ2n) is 4.89. The Bertz CT molecular complexity index is 400. The van der Waals surface area contributed by atoms with Crippen molar-refractivity contribution in [3.05, 3.63) is 34.9 Å². The number of hydrogen-bond donors (Lipinski definition) is 1. The van der Waals surface area contributed by atoms with E-state index in [0.29, 0.717) is 24.7 Å². The molecule has 0 bridgehead atoms. The molecular weight excluding hydrogens is 258 g/mol. The van der Waals surface area contributed by atoms with Crippen molar-refractivity contribution in [1.82, 2.24) is 0 Å². The Balaban J connectivity index is 2.46. The average Bonchev–Trinajstić information content (AvgIpc) is 2.33. The Morgan fingerprint density at radius 1 is 1.26 bits per heavy atom. The van der Waals surface area contributed by atoms with E-state index in [1.54, 1.807) is 0 Å². The van der Waals surface area contributed by atoms with Crippen LogP contribution >= 0.6 is 0 Å². The molecule has 0 aliphatic carbocycles. The minimum atomic E-state index is -0.849. The summed E-state index contributed by atoms with van der Waals surface area (Å²) < 4.78 is 17.5. The molecule has 0 saturated carbocycles. The first-order chi connectivity index (χ1) is 9.05. The molecule has 2 N–H and O–H groups in total. The summed E-state index contributed by atoms with van der Waals surface area (Å²) in [5.74, 6) is 1.26. The molecule has 0 aliphatic rings.